The first kappa shape index (κ1) is 9.85. The van der Waals surface area contributed by atoms with Crippen molar-refractivity contribution in [2.45, 2.75) is 6.54 Å². The van der Waals surface area contributed by atoms with Crippen LogP contribution < -0.4 is 0 Å². The van der Waals surface area contributed by atoms with Crippen LogP contribution in [0.2, 0.25) is 0 Å². The molecule has 3 rings (SSSR count). The maximum absolute atomic E-state index is 12.0. The molecule has 1 aliphatic heterocycles. The minimum absolute atomic E-state index is 0.108. The Bertz CT molecular complexity index is 606. The number of benzene rings is 2. The monoisotopic (exact) mass is 275 g/mol. The maximum Gasteiger partial charge on any atom is 0.254 e. The Hall–Kier alpha value is -1.35. The van der Waals surface area contributed by atoms with Crippen molar-refractivity contribution in [3.63, 3.8) is 0 Å². The molecule has 0 N–H and O–H groups in total. The topological polar surface area (TPSA) is 20.3 Å². The van der Waals surface area contributed by atoms with Crippen LogP contribution in [-0.4, -0.2) is 17.9 Å². The molecule has 1 aliphatic rings. The molecular formula is C13H10BrNO. The van der Waals surface area contributed by atoms with Gasteiger partial charge in [-0.25, -0.2) is 0 Å². The molecule has 0 fully saturated rings. The zero-order chi connectivity index (χ0) is 11.3. The smallest absolute Gasteiger partial charge is 0.254 e. The molecule has 0 saturated heterocycles. The standard InChI is InChI=1S/C13H10BrNO/c1-15-7-8-5-6-11(14)9-3-2-4-10(12(8)9)13(15)16/h2-6H,7H2,1H3. The molecule has 0 spiro atoms. The summed E-state index contributed by atoms with van der Waals surface area (Å²) < 4.78 is 1.05. The van der Waals surface area contributed by atoms with E-state index in [1.54, 1.807) is 4.90 Å². The van der Waals surface area contributed by atoms with E-state index in [1.807, 2.05) is 31.3 Å². The van der Waals surface area contributed by atoms with Gasteiger partial charge in [-0.2, -0.15) is 0 Å². The number of carbonyl (C=O) groups is 1. The molecule has 0 unspecified atom stereocenters. The first-order valence-electron chi connectivity index (χ1n) is 5.14. The Morgan fingerprint density at radius 3 is 2.88 bits per heavy atom. The molecule has 2 aromatic rings. The Morgan fingerprint density at radius 2 is 2.06 bits per heavy atom. The molecule has 0 aliphatic carbocycles. The van der Waals surface area contributed by atoms with Crippen LogP contribution in [0.4, 0.5) is 0 Å². The van der Waals surface area contributed by atoms with Gasteiger partial charge in [-0.05, 0) is 23.1 Å². The van der Waals surface area contributed by atoms with E-state index in [-0.39, 0.29) is 5.91 Å². The number of hydrogen-bond acceptors (Lipinski definition) is 1. The van der Waals surface area contributed by atoms with Crippen molar-refractivity contribution in [2.75, 3.05) is 7.05 Å². The maximum atomic E-state index is 12.0. The quantitative estimate of drug-likeness (QED) is 0.723. The van der Waals surface area contributed by atoms with Crippen molar-refractivity contribution in [1.82, 2.24) is 4.90 Å². The molecule has 0 saturated carbocycles. The zero-order valence-corrected chi connectivity index (χ0v) is 10.4. The molecule has 2 nitrogen and oxygen atoms in total. The van der Waals surface area contributed by atoms with Crippen LogP contribution in [0, 0.1) is 0 Å². The Kier molecular flexibility index (Phi) is 2.04. The minimum atomic E-state index is 0.108. The van der Waals surface area contributed by atoms with Crippen LogP contribution in [0.1, 0.15) is 15.9 Å². The van der Waals surface area contributed by atoms with Gasteiger partial charge in [0, 0.05) is 29.0 Å². The van der Waals surface area contributed by atoms with Gasteiger partial charge >= 0.3 is 0 Å². The second kappa shape index (κ2) is 3.32. The Labute approximate surface area is 102 Å². The average Bonchev–Trinajstić information content (AvgIpc) is 2.30. The number of amides is 1. The lowest BCUT2D eigenvalue weighted by atomic mass is 9.95. The highest BCUT2D eigenvalue weighted by atomic mass is 79.9. The SMILES string of the molecule is CN1Cc2ccc(Br)c3cccc(c23)C1=O. The molecule has 1 heterocycles. The lowest BCUT2D eigenvalue weighted by Crippen LogP contribution is -2.30. The van der Waals surface area contributed by atoms with Crippen molar-refractivity contribution in [3.8, 4) is 0 Å². The molecule has 80 valence electrons. The average molecular weight is 276 g/mol. The van der Waals surface area contributed by atoms with Crippen molar-refractivity contribution in [1.29, 1.82) is 0 Å². The van der Waals surface area contributed by atoms with E-state index in [0.29, 0.717) is 6.54 Å². The molecule has 0 aromatic heterocycles. The van der Waals surface area contributed by atoms with Crippen molar-refractivity contribution >= 4 is 32.6 Å². The summed E-state index contributed by atoms with van der Waals surface area (Å²) in [6.45, 7) is 0.694. The second-order valence-electron chi connectivity index (χ2n) is 4.10. The molecule has 2 aromatic carbocycles. The van der Waals surface area contributed by atoms with Crippen molar-refractivity contribution in [2.24, 2.45) is 0 Å². The summed E-state index contributed by atoms with van der Waals surface area (Å²) >= 11 is 3.53. The molecule has 0 radical (unpaired) electrons. The van der Waals surface area contributed by atoms with Crippen LogP contribution in [0.3, 0.4) is 0 Å². The molecule has 0 bridgehead atoms. The summed E-state index contributed by atoms with van der Waals surface area (Å²) in [6.07, 6.45) is 0. The molecule has 1 amide bonds. The van der Waals surface area contributed by atoms with Gasteiger partial charge in [-0.1, -0.05) is 34.1 Å². The third kappa shape index (κ3) is 1.21. The van der Waals surface area contributed by atoms with Gasteiger partial charge in [-0.15, -0.1) is 0 Å². The van der Waals surface area contributed by atoms with Crippen LogP contribution in [0.25, 0.3) is 10.8 Å². The minimum Gasteiger partial charge on any atom is -0.337 e. The first-order chi connectivity index (χ1) is 7.68. The number of carbonyl (C=O) groups excluding carboxylic acids is 1. The third-order valence-corrected chi connectivity index (χ3v) is 3.75. The molecule has 3 heteroatoms. The summed E-state index contributed by atoms with van der Waals surface area (Å²) in [5.74, 6) is 0.108. The number of halogens is 1. The van der Waals surface area contributed by atoms with Gasteiger partial charge in [0.2, 0.25) is 0 Å². The lowest BCUT2D eigenvalue weighted by Gasteiger charge is -2.25. The number of nitrogens with zero attached hydrogens (tertiary/aromatic N) is 1. The fourth-order valence-electron chi connectivity index (χ4n) is 2.29. The van der Waals surface area contributed by atoms with Gasteiger partial charge < -0.3 is 4.90 Å². The largest absolute Gasteiger partial charge is 0.337 e. The summed E-state index contributed by atoms with van der Waals surface area (Å²) in [6, 6.07) is 10.0. The normalized spacial score (nSPS) is 14.6. The predicted octanol–water partition coefficient (Wildman–Crippen LogP) is 3.19. The second-order valence-corrected chi connectivity index (χ2v) is 4.95. The summed E-state index contributed by atoms with van der Waals surface area (Å²) in [5.41, 5.74) is 2.03. The first-order valence-corrected chi connectivity index (χ1v) is 5.93. The van der Waals surface area contributed by atoms with Crippen molar-refractivity contribution in [3.05, 3.63) is 45.9 Å². The predicted molar refractivity (Wildman–Crippen MR) is 67.4 cm³/mol. The number of hydrogen-bond donors (Lipinski definition) is 0. The third-order valence-electron chi connectivity index (χ3n) is 3.06. The van der Waals surface area contributed by atoms with Gasteiger partial charge in [0.15, 0.2) is 0 Å². The summed E-state index contributed by atoms with van der Waals surface area (Å²) in [5, 5.41) is 2.22. The fourth-order valence-corrected chi connectivity index (χ4v) is 2.75. The highest BCUT2D eigenvalue weighted by Crippen LogP contribution is 2.33. The van der Waals surface area contributed by atoms with E-state index in [4.69, 9.17) is 0 Å². The van der Waals surface area contributed by atoms with Crippen LogP contribution in [0.5, 0.6) is 0 Å². The van der Waals surface area contributed by atoms with E-state index < -0.39 is 0 Å². The van der Waals surface area contributed by atoms with E-state index in [1.165, 1.54) is 5.56 Å². The van der Waals surface area contributed by atoms with E-state index >= 15 is 0 Å². The van der Waals surface area contributed by atoms with E-state index in [9.17, 15) is 4.79 Å². The summed E-state index contributed by atoms with van der Waals surface area (Å²) in [4.78, 5) is 13.8. The van der Waals surface area contributed by atoms with Crippen LogP contribution in [0.15, 0.2) is 34.8 Å². The van der Waals surface area contributed by atoms with Crippen LogP contribution in [-0.2, 0) is 6.54 Å². The molecule has 16 heavy (non-hydrogen) atoms. The molecule has 0 atom stereocenters. The zero-order valence-electron chi connectivity index (χ0n) is 8.83. The Morgan fingerprint density at radius 1 is 1.25 bits per heavy atom. The van der Waals surface area contributed by atoms with Gasteiger partial charge in [-0.3, -0.25) is 4.79 Å². The highest BCUT2D eigenvalue weighted by molar-refractivity contribution is 9.10. The van der Waals surface area contributed by atoms with Gasteiger partial charge in [0.05, 0.1) is 0 Å². The van der Waals surface area contributed by atoms with Gasteiger partial charge in [0.1, 0.15) is 0 Å². The number of rotatable bonds is 0. The molecular weight excluding hydrogens is 266 g/mol. The Balaban J connectivity index is 2.48. The van der Waals surface area contributed by atoms with Crippen LogP contribution >= 0.6 is 15.9 Å². The lowest BCUT2D eigenvalue weighted by molar-refractivity contribution is 0.0780. The van der Waals surface area contributed by atoms with Crippen molar-refractivity contribution < 1.29 is 4.79 Å². The van der Waals surface area contributed by atoms with E-state index in [0.717, 1.165) is 20.8 Å². The highest BCUT2D eigenvalue weighted by Gasteiger charge is 2.23. The van der Waals surface area contributed by atoms with Gasteiger partial charge in [0.25, 0.3) is 5.91 Å². The van der Waals surface area contributed by atoms with E-state index in [2.05, 4.69) is 22.0 Å². The fraction of sp³-hybridized carbons (Fsp3) is 0.154. The summed E-state index contributed by atoms with van der Waals surface area (Å²) in [7, 11) is 1.84.